The van der Waals surface area contributed by atoms with Gasteiger partial charge in [-0.1, -0.05) is 0 Å². The van der Waals surface area contributed by atoms with Crippen LogP contribution in [0.4, 0.5) is 11.5 Å². The van der Waals surface area contributed by atoms with Crippen molar-refractivity contribution in [2.75, 3.05) is 5.32 Å². The normalized spacial score (nSPS) is 10.8. The molecule has 0 atom stereocenters. The van der Waals surface area contributed by atoms with Gasteiger partial charge in [0.1, 0.15) is 16.4 Å². The van der Waals surface area contributed by atoms with Crippen LogP contribution >= 0.6 is 22.9 Å². The van der Waals surface area contributed by atoms with Crippen molar-refractivity contribution in [3.8, 4) is 5.75 Å². The summed E-state index contributed by atoms with van der Waals surface area (Å²) in [5.74, 6) is 0.912. The third kappa shape index (κ3) is 2.34. The summed E-state index contributed by atoms with van der Waals surface area (Å²) in [4.78, 5) is 9.23. The van der Waals surface area contributed by atoms with Crippen LogP contribution in [0.3, 0.4) is 0 Å². The van der Waals surface area contributed by atoms with E-state index in [0.717, 1.165) is 21.5 Å². The lowest BCUT2D eigenvalue weighted by atomic mass is 10.2. The van der Waals surface area contributed by atoms with Crippen LogP contribution in [0.5, 0.6) is 5.75 Å². The van der Waals surface area contributed by atoms with E-state index in [4.69, 9.17) is 11.6 Å². The number of hydrogen-bond acceptors (Lipinski definition) is 5. The predicted octanol–water partition coefficient (Wildman–Crippen LogP) is 4.10. The first-order valence-electron chi connectivity index (χ1n) is 5.61. The molecule has 0 radical (unpaired) electrons. The highest BCUT2D eigenvalue weighted by Gasteiger charge is 2.09. The van der Waals surface area contributed by atoms with Crippen LogP contribution in [0.2, 0.25) is 5.28 Å². The molecule has 2 aromatic heterocycles. The molecule has 1 aromatic carbocycles. The number of phenols is 1. The minimum absolute atomic E-state index is 0.217. The molecule has 3 rings (SSSR count). The lowest BCUT2D eigenvalue weighted by molar-refractivity contribution is 0.475. The van der Waals surface area contributed by atoms with Crippen LogP contribution in [-0.2, 0) is 0 Å². The fraction of sp³-hybridized carbons (Fsp3) is 0.0769. The number of nitrogens with one attached hydrogen (secondary N) is 1. The molecular formula is C13H10ClN3OS. The Morgan fingerprint density at radius 1 is 1.26 bits per heavy atom. The Morgan fingerprint density at radius 3 is 2.89 bits per heavy atom. The fourth-order valence-corrected chi connectivity index (χ4v) is 2.82. The summed E-state index contributed by atoms with van der Waals surface area (Å²) in [5.41, 5.74) is 1.80. The maximum absolute atomic E-state index is 9.41. The van der Waals surface area contributed by atoms with Gasteiger partial charge in [-0.15, -0.1) is 11.3 Å². The standard InChI is InChI=1S/C13H10ClN3OS/c1-7-6-8(18)2-3-10(7)15-11-9-4-5-19-12(9)17-13(14)16-11/h2-6,18H,1H3,(H,15,16,17). The monoisotopic (exact) mass is 291 g/mol. The number of hydrogen-bond donors (Lipinski definition) is 2. The van der Waals surface area contributed by atoms with Crippen LogP contribution in [-0.4, -0.2) is 15.1 Å². The van der Waals surface area contributed by atoms with E-state index < -0.39 is 0 Å². The maximum Gasteiger partial charge on any atom is 0.225 e. The molecule has 0 aliphatic carbocycles. The van der Waals surface area contributed by atoms with Gasteiger partial charge in [0.05, 0.1) is 5.39 Å². The predicted molar refractivity (Wildman–Crippen MR) is 78.6 cm³/mol. The molecule has 0 bridgehead atoms. The summed E-state index contributed by atoms with van der Waals surface area (Å²) in [6.45, 7) is 1.91. The summed E-state index contributed by atoms with van der Waals surface area (Å²) < 4.78 is 0. The van der Waals surface area contributed by atoms with Crippen molar-refractivity contribution in [3.63, 3.8) is 0 Å². The number of nitrogens with zero attached hydrogens (tertiary/aromatic N) is 2. The molecule has 0 amide bonds. The largest absolute Gasteiger partial charge is 0.508 e. The third-order valence-corrected chi connectivity index (χ3v) is 3.74. The second-order valence-electron chi connectivity index (χ2n) is 4.10. The van der Waals surface area contributed by atoms with E-state index >= 15 is 0 Å². The molecule has 0 unspecified atom stereocenters. The molecule has 19 heavy (non-hydrogen) atoms. The van der Waals surface area contributed by atoms with Crippen LogP contribution in [0.25, 0.3) is 10.2 Å². The number of fused-ring (bicyclic) bond motifs is 1. The van der Waals surface area contributed by atoms with Crippen molar-refractivity contribution in [2.45, 2.75) is 6.92 Å². The quantitative estimate of drug-likeness (QED) is 0.551. The fourth-order valence-electron chi connectivity index (χ4n) is 1.84. The molecule has 0 aliphatic rings. The molecule has 6 heteroatoms. The van der Waals surface area contributed by atoms with E-state index in [1.807, 2.05) is 18.4 Å². The average Bonchev–Trinajstić information content (AvgIpc) is 2.80. The number of phenolic OH excluding ortho intramolecular Hbond substituents is 1. The highest BCUT2D eigenvalue weighted by Crippen LogP contribution is 2.30. The number of thiophene rings is 1. The van der Waals surface area contributed by atoms with Crippen LogP contribution in [0.1, 0.15) is 5.56 Å². The second kappa shape index (κ2) is 4.68. The minimum Gasteiger partial charge on any atom is -0.508 e. The Bertz CT molecular complexity index is 757. The lowest BCUT2D eigenvalue weighted by Crippen LogP contribution is -1.97. The van der Waals surface area contributed by atoms with Crippen molar-refractivity contribution in [1.82, 2.24) is 9.97 Å². The number of aryl methyl sites for hydroxylation is 1. The summed E-state index contributed by atoms with van der Waals surface area (Å²) in [5, 5.41) is 15.7. The first-order valence-corrected chi connectivity index (χ1v) is 6.86. The van der Waals surface area contributed by atoms with Gasteiger partial charge in [-0.25, -0.2) is 4.98 Å². The number of aromatic nitrogens is 2. The van der Waals surface area contributed by atoms with E-state index in [2.05, 4.69) is 15.3 Å². The molecule has 2 heterocycles. The highest BCUT2D eigenvalue weighted by atomic mass is 35.5. The van der Waals surface area contributed by atoms with Gasteiger partial charge in [0.15, 0.2) is 0 Å². The van der Waals surface area contributed by atoms with Gasteiger partial charge in [-0.05, 0) is 53.7 Å². The van der Waals surface area contributed by atoms with Gasteiger partial charge < -0.3 is 10.4 Å². The number of aromatic hydroxyl groups is 1. The Kier molecular flexibility index (Phi) is 3.00. The summed E-state index contributed by atoms with van der Waals surface area (Å²) >= 11 is 7.43. The van der Waals surface area contributed by atoms with Crippen LogP contribution < -0.4 is 5.32 Å². The van der Waals surface area contributed by atoms with E-state index in [1.54, 1.807) is 18.2 Å². The molecule has 0 saturated carbocycles. The van der Waals surface area contributed by atoms with Gasteiger partial charge >= 0.3 is 0 Å². The van der Waals surface area contributed by atoms with Crippen molar-refractivity contribution in [1.29, 1.82) is 0 Å². The summed E-state index contributed by atoms with van der Waals surface area (Å²) in [6.07, 6.45) is 0. The molecule has 4 nitrogen and oxygen atoms in total. The van der Waals surface area contributed by atoms with Crippen LogP contribution in [0.15, 0.2) is 29.6 Å². The number of anilines is 2. The van der Waals surface area contributed by atoms with E-state index in [-0.39, 0.29) is 11.0 Å². The van der Waals surface area contributed by atoms with Gasteiger partial charge in [0, 0.05) is 5.69 Å². The summed E-state index contributed by atoms with van der Waals surface area (Å²) in [6, 6.07) is 7.08. The molecule has 0 saturated heterocycles. The molecule has 0 fully saturated rings. The van der Waals surface area contributed by atoms with Gasteiger partial charge in [0.2, 0.25) is 5.28 Å². The Hall–Kier alpha value is -1.85. The SMILES string of the molecule is Cc1cc(O)ccc1Nc1nc(Cl)nc2sccc12. The van der Waals surface area contributed by atoms with Gasteiger partial charge in [-0.3, -0.25) is 0 Å². The zero-order valence-corrected chi connectivity index (χ0v) is 11.6. The Balaban J connectivity index is 2.07. The Labute approximate surface area is 118 Å². The molecule has 0 aliphatic heterocycles. The third-order valence-electron chi connectivity index (χ3n) is 2.76. The number of rotatable bonds is 2. The second-order valence-corrected chi connectivity index (χ2v) is 5.34. The van der Waals surface area contributed by atoms with Gasteiger partial charge in [-0.2, -0.15) is 4.98 Å². The summed E-state index contributed by atoms with van der Waals surface area (Å²) in [7, 11) is 0. The van der Waals surface area contributed by atoms with Gasteiger partial charge in [0.25, 0.3) is 0 Å². The molecule has 96 valence electrons. The van der Waals surface area contributed by atoms with Crippen molar-refractivity contribution in [3.05, 3.63) is 40.5 Å². The van der Waals surface area contributed by atoms with Crippen molar-refractivity contribution >= 4 is 44.7 Å². The van der Waals surface area contributed by atoms with E-state index in [9.17, 15) is 5.11 Å². The smallest absolute Gasteiger partial charge is 0.225 e. The first-order chi connectivity index (χ1) is 9.13. The van der Waals surface area contributed by atoms with Crippen molar-refractivity contribution in [2.24, 2.45) is 0 Å². The molecular weight excluding hydrogens is 282 g/mol. The number of benzene rings is 1. The zero-order chi connectivity index (χ0) is 13.4. The molecule has 2 N–H and O–H groups in total. The minimum atomic E-state index is 0.217. The molecule has 3 aromatic rings. The lowest BCUT2D eigenvalue weighted by Gasteiger charge is -2.10. The maximum atomic E-state index is 9.41. The van der Waals surface area contributed by atoms with E-state index in [1.165, 1.54) is 11.3 Å². The molecule has 0 spiro atoms. The zero-order valence-electron chi connectivity index (χ0n) is 10.0. The number of halogens is 1. The van der Waals surface area contributed by atoms with Crippen molar-refractivity contribution < 1.29 is 5.11 Å². The highest BCUT2D eigenvalue weighted by molar-refractivity contribution is 7.16. The first kappa shape index (κ1) is 12.2. The van der Waals surface area contributed by atoms with Crippen LogP contribution in [0, 0.1) is 6.92 Å². The average molecular weight is 292 g/mol. The Morgan fingerprint density at radius 2 is 2.11 bits per heavy atom. The topological polar surface area (TPSA) is 58.0 Å². The van der Waals surface area contributed by atoms with E-state index in [0.29, 0.717) is 5.82 Å².